The van der Waals surface area contributed by atoms with E-state index in [1.807, 2.05) is 11.0 Å². The molecule has 4 aliphatic rings. The second-order valence-electron chi connectivity index (χ2n) is 8.77. The summed E-state index contributed by atoms with van der Waals surface area (Å²) in [5, 5.41) is 7.97. The minimum absolute atomic E-state index is 0.0524. The van der Waals surface area contributed by atoms with Crippen molar-refractivity contribution in [2.45, 2.75) is 24.8 Å². The van der Waals surface area contributed by atoms with Gasteiger partial charge in [0, 0.05) is 56.4 Å². The maximum atomic E-state index is 12.4. The number of piperidine rings is 3. The van der Waals surface area contributed by atoms with Crippen molar-refractivity contribution in [3.05, 3.63) is 42.1 Å². The lowest BCUT2D eigenvalue weighted by atomic mass is 9.74. The van der Waals surface area contributed by atoms with Crippen LogP contribution in [0.1, 0.15) is 24.5 Å². The van der Waals surface area contributed by atoms with Gasteiger partial charge in [0.1, 0.15) is 0 Å². The molecule has 1 N–H and O–H groups in total. The molecule has 4 fully saturated rings. The lowest BCUT2D eigenvalue weighted by Crippen LogP contribution is -2.57. The molecule has 2 bridgehead atoms. The van der Waals surface area contributed by atoms with Crippen LogP contribution >= 0.6 is 0 Å². The number of benzene rings is 1. The number of nitrogens with zero attached hydrogens (tertiary/aromatic N) is 4. The molecule has 30 heavy (non-hydrogen) atoms. The summed E-state index contributed by atoms with van der Waals surface area (Å²) in [4.78, 5) is 16.9. The molecule has 5 heterocycles. The number of aryl methyl sites for hydroxylation is 1. The van der Waals surface area contributed by atoms with Gasteiger partial charge in [-0.15, -0.1) is 0 Å². The lowest BCUT2D eigenvalue weighted by molar-refractivity contribution is 0.0265. The van der Waals surface area contributed by atoms with Crippen molar-refractivity contribution in [3.63, 3.8) is 0 Å². The van der Waals surface area contributed by atoms with Crippen LogP contribution < -0.4 is 5.32 Å². The molecule has 1 aromatic heterocycles. The Morgan fingerprint density at radius 3 is 2.73 bits per heavy atom. The first-order chi connectivity index (χ1) is 14.7. The zero-order valence-electron chi connectivity index (χ0n) is 17.7. The predicted octanol–water partition coefficient (Wildman–Crippen LogP) is 2.31. The van der Waals surface area contributed by atoms with Crippen molar-refractivity contribution in [2.24, 2.45) is 13.0 Å². The van der Waals surface area contributed by atoms with Crippen LogP contribution in [0.25, 0.3) is 11.3 Å². The molecule has 0 spiro atoms. The second kappa shape index (κ2) is 8.40. The van der Waals surface area contributed by atoms with Crippen molar-refractivity contribution in [1.82, 2.24) is 24.9 Å². The zero-order valence-corrected chi connectivity index (χ0v) is 17.7. The molecule has 2 aromatic rings. The molecular formula is C23H31N5O2. The zero-order chi connectivity index (χ0) is 20.5. The molecule has 4 atom stereocenters. The number of morpholine rings is 1. The highest BCUT2D eigenvalue weighted by atomic mass is 16.5. The number of carbonyl (C=O) groups is 1. The monoisotopic (exact) mass is 409 g/mol. The van der Waals surface area contributed by atoms with E-state index in [2.05, 4.69) is 52.3 Å². The Morgan fingerprint density at radius 1 is 1.20 bits per heavy atom. The van der Waals surface area contributed by atoms with Gasteiger partial charge in [0.15, 0.2) is 0 Å². The van der Waals surface area contributed by atoms with Crippen molar-refractivity contribution in [3.8, 4) is 11.3 Å². The van der Waals surface area contributed by atoms with Gasteiger partial charge in [-0.1, -0.05) is 30.3 Å². The molecule has 0 radical (unpaired) electrons. The molecule has 160 valence electrons. The van der Waals surface area contributed by atoms with Crippen molar-refractivity contribution < 1.29 is 9.53 Å². The van der Waals surface area contributed by atoms with Crippen LogP contribution in [0, 0.1) is 5.92 Å². The number of aromatic nitrogens is 2. The first kappa shape index (κ1) is 19.6. The molecule has 4 aliphatic heterocycles. The van der Waals surface area contributed by atoms with Crippen LogP contribution in [-0.4, -0.2) is 77.6 Å². The van der Waals surface area contributed by atoms with Gasteiger partial charge in [0.2, 0.25) is 0 Å². The van der Waals surface area contributed by atoms with Crippen LogP contribution in [0.3, 0.4) is 0 Å². The Balaban J connectivity index is 1.23. The van der Waals surface area contributed by atoms with Crippen LogP contribution in [0.5, 0.6) is 0 Å². The molecule has 4 saturated heterocycles. The Kier molecular flexibility index (Phi) is 5.48. The summed E-state index contributed by atoms with van der Waals surface area (Å²) in [7, 11) is 2.07. The first-order valence-electron chi connectivity index (χ1n) is 11.1. The fourth-order valence-electron chi connectivity index (χ4n) is 5.35. The second-order valence-corrected chi connectivity index (χ2v) is 8.77. The van der Waals surface area contributed by atoms with Gasteiger partial charge in [-0.05, 0) is 31.4 Å². The van der Waals surface area contributed by atoms with Crippen LogP contribution in [0.4, 0.5) is 4.79 Å². The Hall–Kier alpha value is -2.38. The van der Waals surface area contributed by atoms with E-state index in [9.17, 15) is 4.79 Å². The number of fused-ring (bicyclic) bond motifs is 3. The average molecular weight is 410 g/mol. The number of urea groups is 1. The molecule has 1 unspecified atom stereocenters. The third-order valence-electron chi connectivity index (χ3n) is 7.03. The summed E-state index contributed by atoms with van der Waals surface area (Å²) in [6.45, 7) is 5.58. The topological polar surface area (TPSA) is 62.6 Å². The van der Waals surface area contributed by atoms with Gasteiger partial charge in [-0.25, -0.2) is 4.79 Å². The van der Waals surface area contributed by atoms with Gasteiger partial charge in [0.25, 0.3) is 0 Å². The lowest BCUT2D eigenvalue weighted by Gasteiger charge is -2.50. The highest BCUT2D eigenvalue weighted by molar-refractivity contribution is 5.74. The Bertz CT molecular complexity index is 877. The van der Waals surface area contributed by atoms with E-state index in [1.165, 1.54) is 17.7 Å². The number of amides is 2. The number of nitrogens with one attached hydrogen (secondary N) is 1. The third kappa shape index (κ3) is 3.84. The van der Waals surface area contributed by atoms with E-state index >= 15 is 0 Å². The van der Waals surface area contributed by atoms with Crippen LogP contribution in [-0.2, 0) is 11.8 Å². The van der Waals surface area contributed by atoms with Crippen molar-refractivity contribution in [2.75, 3.05) is 45.9 Å². The average Bonchev–Trinajstić information content (AvgIpc) is 3.20. The maximum Gasteiger partial charge on any atom is 0.317 e. The predicted molar refractivity (Wildman–Crippen MR) is 115 cm³/mol. The summed E-state index contributed by atoms with van der Waals surface area (Å²) in [6.07, 6.45) is 2.37. The molecule has 6 rings (SSSR count). The minimum Gasteiger partial charge on any atom is -0.378 e. The Morgan fingerprint density at radius 2 is 2.00 bits per heavy atom. The normalized spacial score (nSPS) is 28.5. The molecule has 7 nitrogen and oxygen atoms in total. The first-order valence-corrected chi connectivity index (χ1v) is 11.1. The maximum absolute atomic E-state index is 12.4. The molecule has 7 heteroatoms. The number of rotatable bonds is 4. The number of carbonyl (C=O) groups excluding carboxylic acids is 1. The van der Waals surface area contributed by atoms with Crippen molar-refractivity contribution >= 4 is 6.03 Å². The molecule has 2 amide bonds. The van der Waals surface area contributed by atoms with E-state index < -0.39 is 0 Å². The summed E-state index contributed by atoms with van der Waals surface area (Å²) < 4.78 is 7.41. The van der Waals surface area contributed by atoms with Gasteiger partial charge in [-0.3, -0.25) is 9.58 Å². The highest BCUT2D eigenvalue weighted by Crippen LogP contribution is 2.42. The summed E-state index contributed by atoms with van der Waals surface area (Å²) >= 11 is 0. The van der Waals surface area contributed by atoms with Gasteiger partial charge >= 0.3 is 6.03 Å². The van der Waals surface area contributed by atoms with Crippen molar-refractivity contribution in [1.29, 1.82) is 0 Å². The van der Waals surface area contributed by atoms with E-state index in [-0.39, 0.29) is 6.03 Å². The number of hydrogen-bond acceptors (Lipinski definition) is 4. The molecular weight excluding hydrogens is 378 g/mol. The Labute approximate surface area is 178 Å². The summed E-state index contributed by atoms with van der Waals surface area (Å²) in [5.74, 6) is 1.17. The third-order valence-corrected chi connectivity index (χ3v) is 7.03. The van der Waals surface area contributed by atoms with E-state index in [0.29, 0.717) is 44.2 Å². The molecule has 0 saturated carbocycles. The van der Waals surface area contributed by atoms with Crippen LogP contribution in [0.15, 0.2) is 36.4 Å². The van der Waals surface area contributed by atoms with E-state index in [4.69, 9.17) is 9.84 Å². The number of ether oxygens (including phenoxy) is 1. The molecule has 0 aliphatic carbocycles. The van der Waals surface area contributed by atoms with Gasteiger partial charge < -0.3 is 15.0 Å². The quantitative estimate of drug-likeness (QED) is 0.842. The smallest absolute Gasteiger partial charge is 0.317 e. The van der Waals surface area contributed by atoms with Crippen LogP contribution in [0.2, 0.25) is 0 Å². The minimum atomic E-state index is 0.0524. The van der Waals surface area contributed by atoms with E-state index in [1.54, 1.807) is 0 Å². The number of hydrogen-bond donors (Lipinski definition) is 1. The summed E-state index contributed by atoms with van der Waals surface area (Å²) in [5.41, 5.74) is 3.56. The fourth-order valence-corrected chi connectivity index (χ4v) is 5.35. The summed E-state index contributed by atoms with van der Waals surface area (Å²) in [6, 6.07) is 13.2. The standard InChI is InChI=1S/C23H31N5O2/c1-26-22(14-21(25-26)17-5-3-2-4-6-17)20-16-28-8-7-18(20)13-19(28)15-24-23(29)27-9-11-30-12-10-27/h2-6,14,18-20H,7-13,15-16H2,1H3,(H,24,29)/t18-,19+,20+/m0/s1. The van der Waals surface area contributed by atoms with Gasteiger partial charge in [0.05, 0.1) is 18.9 Å². The highest BCUT2D eigenvalue weighted by Gasteiger charge is 2.42. The molecule has 1 aromatic carbocycles. The fraction of sp³-hybridized carbons (Fsp3) is 0.565. The largest absolute Gasteiger partial charge is 0.378 e. The SMILES string of the molecule is Cn1nc(-c2ccccc2)cc1[C@@H]1CN2CC[C@H]1C[C@@H]2CNC(=O)N1CCOCC1. The van der Waals surface area contributed by atoms with E-state index in [0.717, 1.165) is 31.7 Å². The van der Waals surface area contributed by atoms with Gasteiger partial charge in [-0.2, -0.15) is 5.10 Å².